The first-order valence-corrected chi connectivity index (χ1v) is 18.8. The molecule has 3 rings (SSSR count). The molecule has 21 heavy (non-hydrogen) atoms. The predicted molar refractivity (Wildman–Crippen MR) is 96.7 cm³/mol. The fourth-order valence-corrected chi connectivity index (χ4v) is 28.8. The Morgan fingerprint density at radius 1 is 1.14 bits per heavy atom. The van der Waals surface area contributed by atoms with E-state index in [4.69, 9.17) is 0 Å². The van der Waals surface area contributed by atoms with Gasteiger partial charge >= 0.3 is 124 Å². The van der Waals surface area contributed by atoms with E-state index in [0.29, 0.717) is 0 Å². The van der Waals surface area contributed by atoms with Crippen molar-refractivity contribution in [1.29, 1.82) is 0 Å². The van der Waals surface area contributed by atoms with Crippen LogP contribution in [-0.4, -0.2) is 5.49 Å². The number of rotatable bonds is 2. The second-order valence-corrected chi connectivity index (χ2v) is 30.4. The van der Waals surface area contributed by atoms with Crippen molar-refractivity contribution < 1.29 is 20.1 Å². The van der Waals surface area contributed by atoms with E-state index in [-0.39, 0.29) is 30.3 Å². The topological polar surface area (TPSA) is 0 Å². The third-order valence-corrected chi connectivity index (χ3v) is 29.7. The zero-order valence-corrected chi connectivity index (χ0v) is 18.9. The second-order valence-electron chi connectivity index (χ2n) is 5.65. The Hall–Kier alpha value is 0.107. The van der Waals surface area contributed by atoms with E-state index in [1.807, 2.05) is 3.33 Å². The Morgan fingerprint density at radius 3 is 2.48 bits per heavy atom. The molecule has 1 unspecified atom stereocenters. The van der Waals surface area contributed by atoms with Crippen LogP contribution in [-0.2, 0) is 20.1 Å². The molecule has 0 nitrogen and oxygen atoms in total. The molecule has 0 saturated heterocycles. The van der Waals surface area contributed by atoms with Crippen LogP contribution in [0.25, 0.3) is 5.57 Å². The Labute approximate surface area is 148 Å². The Kier molecular flexibility index (Phi) is 7.39. The van der Waals surface area contributed by atoms with Crippen molar-refractivity contribution in [3.63, 3.8) is 0 Å². The number of fused-ring (bicyclic) bond motifs is 1. The van der Waals surface area contributed by atoms with E-state index in [1.54, 1.807) is 5.56 Å². The quantitative estimate of drug-likeness (QED) is 0.454. The van der Waals surface area contributed by atoms with Crippen LogP contribution in [0.4, 0.5) is 0 Å². The minimum atomic E-state index is -1.72. The first kappa shape index (κ1) is 19.2. The fraction of sp³-hybridized carbons (Fsp3) is 0.294. The van der Waals surface area contributed by atoms with Gasteiger partial charge in [0.1, 0.15) is 0 Å². The van der Waals surface area contributed by atoms with Crippen molar-refractivity contribution in [3.8, 4) is 0 Å². The third kappa shape index (κ3) is 3.72. The molecular weight excluding hydrogens is 482 g/mol. The molecule has 0 spiro atoms. The van der Waals surface area contributed by atoms with Crippen molar-refractivity contribution in [2.24, 2.45) is 0 Å². The van der Waals surface area contributed by atoms with E-state index >= 15 is 0 Å². The molecule has 4 heteroatoms. The van der Waals surface area contributed by atoms with Crippen molar-refractivity contribution in [3.05, 3.63) is 63.0 Å². The van der Waals surface area contributed by atoms with Gasteiger partial charge in [-0.15, -0.1) is 24.8 Å². The Morgan fingerprint density at radius 2 is 1.86 bits per heavy atom. The van der Waals surface area contributed by atoms with E-state index in [9.17, 15) is 0 Å². The molecule has 0 amide bonds. The van der Waals surface area contributed by atoms with Gasteiger partial charge in [0.25, 0.3) is 0 Å². The van der Waals surface area contributed by atoms with Crippen LogP contribution in [0.15, 0.2) is 51.9 Å². The molecule has 112 valence electrons. The summed E-state index contributed by atoms with van der Waals surface area (Å²) < 4.78 is 2.67. The molecule has 1 atom stereocenters. The van der Waals surface area contributed by atoms with Gasteiger partial charge in [-0.25, -0.2) is 0 Å². The van der Waals surface area contributed by atoms with Crippen LogP contribution in [0.5, 0.6) is 0 Å². The van der Waals surface area contributed by atoms with E-state index in [2.05, 4.69) is 68.6 Å². The summed E-state index contributed by atoms with van der Waals surface area (Å²) in [5.74, 6) is 0. The summed E-state index contributed by atoms with van der Waals surface area (Å²) in [5, 5.41) is 0. The second kappa shape index (κ2) is 8.10. The third-order valence-electron chi connectivity index (χ3n) is 4.10. The van der Waals surface area contributed by atoms with Crippen molar-refractivity contribution in [1.82, 2.24) is 0 Å². The van der Waals surface area contributed by atoms with Crippen LogP contribution in [0.3, 0.4) is 0 Å². The van der Waals surface area contributed by atoms with Crippen LogP contribution in [0.2, 0.25) is 13.1 Å². The summed E-state index contributed by atoms with van der Waals surface area (Å²) in [6, 6.07) is 9.10. The van der Waals surface area contributed by atoms with Gasteiger partial charge in [0.15, 0.2) is 0 Å². The molecule has 0 aliphatic heterocycles. The molecule has 2 aliphatic carbocycles. The average Bonchev–Trinajstić information content (AvgIpc) is 3.00. The molecule has 0 heterocycles. The maximum absolute atomic E-state index is 2.60. The van der Waals surface area contributed by atoms with E-state index < -0.39 is 20.1 Å². The molecule has 1 aromatic carbocycles. The van der Waals surface area contributed by atoms with Gasteiger partial charge in [-0.3, -0.25) is 0 Å². The monoisotopic (exact) mass is 504 g/mol. The summed E-state index contributed by atoms with van der Waals surface area (Å²) in [4.78, 5) is 0. The van der Waals surface area contributed by atoms with Crippen LogP contribution >= 0.6 is 24.8 Å². The number of halogens is 2. The molecule has 1 aromatic rings. The Balaban J connectivity index is 0.00000110. The minimum absolute atomic E-state index is 0. The first-order chi connectivity index (χ1) is 9.18. The molecule has 0 aromatic heterocycles. The first-order valence-electron chi connectivity index (χ1n) is 6.99. The number of hydrogen-bond acceptors (Lipinski definition) is 0. The average molecular weight is 504 g/mol. The zero-order valence-electron chi connectivity index (χ0n) is 12.7. The molecule has 0 radical (unpaired) electrons. The van der Waals surface area contributed by atoms with Gasteiger partial charge in [-0.2, -0.15) is 0 Å². The summed E-state index contributed by atoms with van der Waals surface area (Å²) in [6.45, 7) is 7.40. The maximum Gasteiger partial charge on any atom is -0.147 e. The van der Waals surface area contributed by atoms with Crippen LogP contribution in [0, 0.1) is 0 Å². The summed E-state index contributed by atoms with van der Waals surface area (Å²) >= 11 is -1.72. The van der Waals surface area contributed by atoms with Gasteiger partial charge in [0, 0.05) is 0 Å². The molecule has 0 N–H and O–H groups in total. The van der Waals surface area contributed by atoms with Gasteiger partial charge in [0.05, 0.1) is 0 Å². The van der Waals surface area contributed by atoms with Gasteiger partial charge < -0.3 is 0 Å². The molecule has 0 fully saturated rings. The molecule has 0 bridgehead atoms. The van der Waals surface area contributed by atoms with Crippen molar-refractivity contribution in [2.75, 3.05) is 0 Å². The number of allylic oxidation sites excluding steroid dienone is 6. The molecule has 0 saturated carbocycles. The standard InChI is InChI=1S/C10H9.C5H5.C2H6Si.2ClH.Hf/c1-8-6-7-9-4-2-3-5-10(8)9;1-2-4-5-3-1;1-3-2;;;/h2-7H,1H3;1-3H,4H2;1-2H3;2*1H;. The fourth-order valence-electron chi connectivity index (χ4n) is 3.27. The summed E-state index contributed by atoms with van der Waals surface area (Å²) in [7, 11) is 0. The van der Waals surface area contributed by atoms with E-state index in [1.165, 1.54) is 17.6 Å². The Bertz CT molecular complexity index is 653. The largest absolute Gasteiger partial charge is 0.147 e. The van der Waals surface area contributed by atoms with E-state index in [0.717, 1.165) is 3.67 Å². The van der Waals surface area contributed by atoms with Gasteiger partial charge in [0.2, 0.25) is 0 Å². The smallest absolute Gasteiger partial charge is 0.147 e. The SMILES string of the molecule is CC1=C[CH]([Hf]([C]2=CC=CC2)=[Si](C)C)c2ccccc21.Cl.Cl. The van der Waals surface area contributed by atoms with Crippen molar-refractivity contribution >= 4 is 35.9 Å². The van der Waals surface area contributed by atoms with Gasteiger partial charge in [-0.1, -0.05) is 0 Å². The summed E-state index contributed by atoms with van der Waals surface area (Å²) in [6.07, 6.45) is 10.9. The number of hydrogen-bond donors (Lipinski definition) is 0. The van der Waals surface area contributed by atoms with Crippen molar-refractivity contribution in [2.45, 2.75) is 30.1 Å². The molecule has 2 aliphatic rings. The number of benzene rings is 1. The normalized spacial score (nSPS) is 18.1. The minimum Gasteiger partial charge on any atom is -0.147 e. The molecular formula is C17H22Cl2HfSi. The zero-order chi connectivity index (χ0) is 13.4. The summed E-state index contributed by atoms with van der Waals surface area (Å²) in [5.41, 5.74) is 4.53. The van der Waals surface area contributed by atoms with Crippen LogP contribution in [0.1, 0.15) is 28.1 Å². The van der Waals surface area contributed by atoms with Gasteiger partial charge in [-0.05, 0) is 0 Å². The predicted octanol–water partition coefficient (Wildman–Crippen LogP) is 5.70. The van der Waals surface area contributed by atoms with Crippen LogP contribution < -0.4 is 0 Å². The maximum atomic E-state index is 2.60.